The van der Waals surface area contributed by atoms with Crippen LogP contribution in [0.15, 0.2) is 60.9 Å². The minimum Gasteiger partial charge on any atom is -0.350 e. The van der Waals surface area contributed by atoms with Crippen LogP contribution in [0.3, 0.4) is 0 Å². The van der Waals surface area contributed by atoms with Gasteiger partial charge in [-0.05, 0) is 43.9 Å². The Kier molecular flexibility index (Phi) is 5.88. The summed E-state index contributed by atoms with van der Waals surface area (Å²) in [5.41, 5.74) is 1.92. The molecule has 3 aromatic rings. The molecule has 3 rings (SSSR count). The van der Waals surface area contributed by atoms with E-state index in [2.05, 4.69) is 10.4 Å². The van der Waals surface area contributed by atoms with Crippen molar-refractivity contribution in [3.05, 3.63) is 82.9 Å². The Morgan fingerprint density at radius 3 is 2.74 bits per heavy atom. The highest BCUT2D eigenvalue weighted by atomic mass is 35.5. The van der Waals surface area contributed by atoms with Gasteiger partial charge in [0.1, 0.15) is 5.82 Å². The van der Waals surface area contributed by atoms with E-state index in [-0.39, 0.29) is 17.8 Å². The largest absolute Gasteiger partial charge is 0.350 e. The molecule has 0 spiro atoms. The standard InChI is InChI=1S/C20H20ClFN4O/c1-25(2)19(14-6-5-7-16(22)10-14)12-23-20(27)15-11-24-26(13-15)18-9-4-3-8-17(18)21/h3-11,13,19H,12H2,1-2H3,(H,23,27). The number of amides is 1. The summed E-state index contributed by atoms with van der Waals surface area (Å²) < 4.78 is 15.1. The molecular formula is C20H20ClFN4O. The van der Waals surface area contributed by atoms with E-state index in [0.717, 1.165) is 5.56 Å². The molecule has 0 fully saturated rings. The highest BCUT2D eigenvalue weighted by molar-refractivity contribution is 6.32. The zero-order valence-corrected chi connectivity index (χ0v) is 15.8. The van der Waals surface area contributed by atoms with Crippen LogP contribution in [0.25, 0.3) is 5.69 Å². The first-order valence-corrected chi connectivity index (χ1v) is 8.83. The second-order valence-electron chi connectivity index (χ2n) is 6.37. The maximum atomic E-state index is 13.5. The van der Waals surface area contributed by atoms with Crippen molar-refractivity contribution < 1.29 is 9.18 Å². The van der Waals surface area contributed by atoms with Crippen LogP contribution in [0, 0.1) is 5.82 Å². The van der Waals surface area contributed by atoms with E-state index in [4.69, 9.17) is 11.6 Å². The van der Waals surface area contributed by atoms with Crippen LogP contribution < -0.4 is 5.32 Å². The molecule has 0 saturated heterocycles. The summed E-state index contributed by atoms with van der Waals surface area (Å²) in [6.45, 7) is 0.340. The number of carbonyl (C=O) groups excluding carboxylic acids is 1. The van der Waals surface area contributed by atoms with Crippen LogP contribution in [-0.2, 0) is 0 Å². The van der Waals surface area contributed by atoms with Gasteiger partial charge < -0.3 is 10.2 Å². The lowest BCUT2D eigenvalue weighted by atomic mass is 10.1. The van der Waals surface area contributed by atoms with E-state index in [1.165, 1.54) is 18.3 Å². The van der Waals surface area contributed by atoms with Crippen molar-refractivity contribution in [2.75, 3.05) is 20.6 Å². The third-order valence-corrected chi connectivity index (χ3v) is 4.58. The third kappa shape index (κ3) is 4.53. The SMILES string of the molecule is CN(C)C(CNC(=O)c1cnn(-c2ccccc2Cl)c1)c1cccc(F)c1. The molecule has 0 radical (unpaired) electrons. The monoisotopic (exact) mass is 386 g/mol. The molecule has 140 valence electrons. The molecule has 1 aromatic heterocycles. The van der Waals surface area contributed by atoms with Gasteiger partial charge >= 0.3 is 0 Å². The van der Waals surface area contributed by atoms with Crippen molar-refractivity contribution in [2.45, 2.75) is 6.04 Å². The van der Waals surface area contributed by atoms with Gasteiger partial charge in [0.25, 0.3) is 5.91 Å². The van der Waals surface area contributed by atoms with Gasteiger partial charge in [0.2, 0.25) is 0 Å². The number of aromatic nitrogens is 2. The number of hydrogen-bond acceptors (Lipinski definition) is 3. The fourth-order valence-electron chi connectivity index (χ4n) is 2.81. The van der Waals surface area contributed by atoms with Crippen molar-refractivity contribution in [3.8, 4) is 5.69 Å². The Labute approximate surface area is 162 Å². The van der Waals surface area contributed by atoms with Gasteiger partial charge in [-0.2, -0.15) is 5.10 Å². The predicted molar refractivity (Wildman–Crippen MR) is 104 cm³/mol. The number of halogens is 2. The lowest BCUT2D eigenvalue weighted by Crippen LogP contribution is -2.34. The highest BCUT2D eigenvalue weighted by Crippen LogP contribution is 2.20. The average molecular weight is 387 g/mol. The number of hydrogen-bond donors (Lipinski definition) is 1. The molecule has 1 amide bonds. The number of benzene rings is 2. The average Bonchev–Trinajstić information content (AvgIpc) is 3.12. The minimum absolute atomic E-state index is 0.150. The zero-order chi connectivity index (χ0) is 19.4. The fraction of sp³-hybridized carbons (Fsp3) is 0.200. The first kappa shape index (κ1) is 19.1. The summed E-state index contributed by atoms with van der Waals surface area (Å²) in [6.07, 6.45) is 3.12. The summed E-state index contributed by atoms with van der Waals surface area (Å²) in [4.78, 5) is 14.4. The second-order valence-corrected chi connectivity index (χ2v) is 6.78. The van der Waals surface area contributed by atoms with E-state index in [0.29, 0.717) is 22.8 Å². The molecular weight excluding hydrogens is 367 g/mol. The molecule has 0 aliphatic carbocycles. The van der Waals surface area contributed by atoms with E-state index in [9.17, 15) is 9.18 Å². The Morgan fingerprint density at radius 2 is 2.04 bits per heavy atom. The number of carbonyl (C=O) groups is 1. The number of nitrogens with zero attached hydrogens (tertiary/aromatic N) is 3. The quantitative estimate of drug-likeness (QED) is 0.702. The molecule has 0 aliphatic rings. The van der Waals surface area contributed by atoms with Crippen LogP contribution in [0.1, 0.15) is 22.0 Å². The van der Waals surface area contributed by atoms with Crippen molar-refractivity contribution in [1.29, 1.82) is 0 Å². The summed E-state index contributed by atoms with van der Waals surface area (Å²) in [5.74, 6) is -0.553. The summed E-state index contributed by atoms with van der Waals surface area (Å²) in [5, 5.41) is 7.65. The third-order valence-electron chi connectivity index (χ3n) is 4.26. The smallest absolute Gasteiger partial charge is 0.254 e. The van der Waals surface area contributed by atoms with Gasteiger partial charge in [0.05, 0.1) is 28.5 Å². The summed E-state index contributed by atoms with van der Waals surface area (Å²) >= 11 is 6.17. The second kappa shape index (κ2) is 8.33. The van der Waals surface area contributed by atoms with Crippen molar-refractivity contribution >= 4 is 17.5 Å². The molecule has 7 heteroatoms. The molecule has 0 aliphatic heterocycles. The van der Waals surface area contributed by atoms with Crippen LogP contribution in [0.4, 0.5) is 4.39 Å². The van der Waals surface area contributed by atoms with E-state index in [1.54, 1.807) is 23.0 Å². The predicted octanol–water partition coefficient (Wildman–Crippen LogP) is 3.70. The van der Waals surface area contributed by atoms with Gasteiger partial charge in [-0.15, -0.1) is 0 Å². The van der Waals surface area contributed by atoms with Gasteiger partial charge in [-0.25, -0.2) is 9.07 Å². The van der Waals surface area contributed by atoms with Crippen LogP contribution in [0.5, 0.6) is 0 Å². The van der Waals surface area contributed by atoms with Crippen LogP contribution in [0.2, 0.25) is 5.02 Å². The summed E-state index contributed by atoms with van der Waals surface area (Å²) in [7, 11) is 3.77. The first-order chi connectivity index (χ1) is 13.0. The minimum atomic E-state index is -0.299. The summed E-state index contributed by atoms with van der Waals surface area (Å²) in [6, 6.07) is 13.5. The maximum absolute atomic E-state index is 13.5. The van der Waals surface area contributed by atoms with Gasteiger partial charge in [-0.1, -0.05) is 35.9 Å². The number of rotatable bonds is 6. The molecule has 0 saturated carbocycles. The maximum Gasteiger partial charge on any atom is 0.254 e. The molecule has 1 unspecified atom stereocenters. The lowest BCUT2D eigenvalue weighted by molar-refractivity contribution is 0.0942. The van der Waals surface area contributed by atoms with Crippen molar-refractivity contribution in [3.63, 3.8) is 0 Å². The highest BCUT2D eigenvalue weighted by Gasteiger charge is 2.17. The number of nitrogens with one attached hydrogen (secondary N) is 1. The number of para-hydroxylation sites is 1. The van der Waals surface area contributed by atoms with Gasteiger partial charge in [0.15, 0.2) is 0 Å². The molecule has 1 heterocycles. The van der Waals surface area contributed by atoms with Gasteiger partial charge in [-0.3, -0.25) is 4.79 Å². The van der Waals surface area contributed by atoms with E-state index in [1.807, 2.05) is 43.3 Å². The fourth-order valence-corrected chi connectivity index (χ4v) is 3.04. The van der Waals surface area contributed by atoms with E-state index >= 15 is 0 Å². The molecule has 27 heavy (non-hydrogen) atoms. The normalized spacial score (nSPS) is 12.2. The molecule has 1 N–H and O–H groups in total. The number of likely N-dealkylation sites (N-methyl/N-ethyl adjacent to an activating group) is 1. The first-order valence-electron chi connectivity index (χ1n) is 8.45. The zero-order valence-electron chi connectivity index (χ0n) is 15.1. The van der Waals surface area contributed by atoms with Crippen molar-refractivity contribution in [2.24, 2.45) is 0 Å². The van der Waals surface area contributed by atoms with Gasteiger partial charge in [0, 0.05) is 12.7 Å². The molecule has 2 aromatic carbocycles. The Hall–Kier alpha value is -2.70. The van der Waals surface area contributed by atoms with Crippen LogP contribution in [-0.4, -0.2) is 41.2 Å². The Bertz CT molecular complexity index is 941. The van der Waals surface area contributed by atoms with Crippen molar-refractivity contribution in [1.82, 2.24) is 20.0 Å². The molecule has 0 bridgehead atoms. The Balaban J connectivity index is 1.71. The Morgan fingerprint density at radius 1 is 1.26 bits per heavy atom. The van der Waals surface area contributed by atoms with E-state index < -0.39 is 0 Å². The topological polar surface area (TPSA) is 50.2 Å². The molecule has 5 nitrogen and oxygen atoms in total. The molecule has 1 atom stereocenters. The lowest BCUT2D eigenvalue weighted by Gasteiger charge is -2.25. The van der Waals surface area contributed by atoms with Crippen LogP contribution >= 0.6 is 11.6 Å².